The summed E-state index contributed by atoms with van der Waals surface area (Å²) in [6, 6.07) is 18.4. The Morgan fingerprint density at radius 2 is 1.19 bits per heavy atom. The monoisotopic (exact) mass is 454 g/mol. The van der Waals surface area contributed by atoms with E-state index in [9.17, 15) is 0 Å². The molecule has 0 amide bonds. The van der Waals surface area contributed by atoms with Crippen molar-refractivity contribution in [2.45, 2.75) is 103 Å². The highest BCUT2D eigenvalue weighted by Gasteiger charge is 2.47. The molecule has 2 unspecified atom stereocenters. The van der Waals surface area contributed by atoms with Gasteiger partial charge in [-0.1, -0.05) is 111 Å². The van der Waals surface area contributed by atoms with Gasteiger partial charge in [-0.25, -0.2) is 0 Å². The van der Waals surface area contributed by atoms with Crippen LogP contribution in [0.3, 0.4) is 0 Å². The van der Waals surface area contributed by atoms with Crippen LogP contribution in [0.4, 0.5) is 0 Å². The van der Waals surface area contributed by atoms with Crippen molar-refractivity contribution in [3.05, 3.63) is 59.7 Å². The minimum atomic E-state index is -0.378. The van der Waals surface area contributed by atoms with Crippen LogP contribution >= 0.6 is 15.8 Å². The van der Waals surface area contributed by atoms with E-state index in [1.54, 1.807) is 10.6 Å². The van der Waals surface area contributed by atoms with E-state index in [2.05, 4.69) is 111 Å². The van der Waals surface area contributed by atoms with Gasteiger partial charge in [0.25, 0.3) is 0 Å². The van der Waals surface area contributed by atoms with Gasteiger partial charge in [-0.3, -0.25) is 0 Å². The Hall–Kier alpha value is -0.700. The van der Waals surface area contributed by atoms with E-state index in [0.29, 0.717) is 16.0 Å². The maximum atomic E-state index is 2.60. The quantitative estimate of drug-likeness (QED) is 0.398. The van der Waals surface area contributed by atoms with Crippen LogP contribution in [-0.2, 0) is 0 Å². The molecule has 3 rings (SSSR count). The number of rotatable bonds is 5. The summed E-state index contributed by atoms with van der Waals surface area (Å²) in [4.78, 5) is 0. The normalized spacial score (nSPS) is 21.1. The van der Waals surface area contributed by atoms with Crippen LogP contribution in [0, 0.1) is 19.8 Å². The second-order valence-corrected chi connectivity index (χ2v) is 18.2. The minimum absolute atomic E-state index is 0.0832. The van der Waals surface area contributed by atoms with Crippen LogP contribution in [-0.4, -0.2) is 21.6 Å². The molecular weight excluding hydrogens is 410 g/mol. The summed E-state index contributed by atoms with van der Waals surface area (Å²) in [5, 5.41) is 3.99. The predicted molar refractivity (Wildman–Crippen MR) is 146 cm³/mol. The van der Waals surface area contributed by atoms with E-state index in [0.717, 1.165) is 11.6 Å². The van der Waals surface area contributed by atoms with Crippen molar-refractivity contribution in [3.63, 3.8) is 0 Å². The Labute approximate surface area is 195 Å². The molecule has 31 heavy (non-hydrogen) atoms. The van der Waals surface area contributed by atoms with Crippen LogP contribution in [0.5, 0.6) is 0 Å². The Morgan fingerprint density at radius 1 is 0.742 bits per heavy atom. The molecule has 2 aromatic carbocycles. The molecule has 0 nitrogen and oxygen atoms in total. The maximum absolute atomic E-state index is 2.60. The smallest absolute Gasteiger partial charge is 0.0123 e. The molecule has 2 heteroatoms. The van der Waals surface area contributed by atoms with Crippen LogP contribution in [0.15, 0.2) is 48.5 Å². The summed E-state index contributed by atoms with van der Waals surface area (Å²) in [6.07, 6.45) is 4.25. The van der Waals surface area contributed by atoms with E-state index < -0.39 is 0 Å². The zero-order valence-corrected chi connectivity index (χ0v) is 23.2. The SMILES string of the molecule is Cc1ccccc1P(c1ccccc1C)[C@@H](C)C1CCCC1P(C(C)(C)C)C(C)(C)C. The summed E-state index contributed by atoms with van der Waals surface area (Å²) < 4.78 is 0. The van der Waals surface area contributed by atoms with Gasteiger partial charge >= 0.3 is 0 Å². The van der Waals surface area contributed by atoms with Crippen LogP contribution in [0.2, 0.25) is 0 Å². The lowest BCUT2D eigenvalue weighted by Crippen LogP contribution is -2.37. The molecule has 170 valence electrons. The number of aryl methyl sites for hydroxylation is 2. The van der Waals surface area contributed by atoms with Gasteiger partial charge in [-0.05, 0) is 83.9 Å². The van der Waals surface area contributed by atoms with Gasteiger partial charge in [0, 0.05) is 0 Å². The molecule has 1 fully saturated rings. The number of hydrogen-bond acceptors (Lipinski definition) is 0. The molecule has 2 aromatic rings. The molecule has 0 N–H and O–H groups in total. The molecule has 1 aliphatic rings. The maximum Gasteiger partial charge on any atom is -0.0123 e. The van der Waals surface area contributed by atoms with Gasteiger partial charge in [0.15, 0.2) is 0 Å². The van der Waals surface area contributed by atoms with Crippen molar-refractivity contribution < 1.29 is 0 Å². The number of hydrogen-bond donors (Lipinski definition) is 0. The van der Waals surface area contributed by atoms with Gasteiger partial charge in [-0.15, -0.1) is 0 Å². The van der Waals surface area contributed by atoms with E-state index in [4.69, 9.17) is 0 Å². The van der Waals surface area contributed by atoms with Crippen molar-refractivity contribution in [2.24, 2.45) is 5.92 Å². The zero-order chi connectivity index (χ0) is 23.0. The molecule has 0 aromatic heterocycles. The van der Waals surface area contributed by atoms with Crippen molar-refractivity contribution in [2.75, 3.05) is 0 Å². The highest BCUT2D eigenvalue weighted by molar-refractivity contribution is 7.73. The fraction of sp³-hybridized carbons (Fsp3) is 0.586. The zero-order valence-electron chi connectivity index (χ0n) is 21.4. The molecule has 0 aliphatic heterocycles. The van der Waals surface area contributed by atoms with Crippen LogP contribution in [0.1, 0.15) is 78.9 Å². The van der Waals surface area contributed by atoms with Crippen LogP contribution in [0.25, 0.3) is 0 Å². The average Bonchev–Trinajstić information content (AvgIpc) is 3.11. The Kier molecular flexibility index (Phi) is 7.77. The van der Waals surface area contributed by atoms with Gasteiger partial charge in [-0.2, -0.15) is 0 Å². The van der Waals surface area contributed by atoms with Crippen molar-refractivity contribution >= 4 is 26.5 Å². The van der Waals surface area contributed by atoms with Gasteiger partial charge in [0.2, 0.25) is 0 Å². The molecule has 0 bridgehead atoms. The molecule has 0 spiro atoms. The number of benzene rings is 2. The second kappa shape index (κ2) is 9.65. The highest BCUT2D eigenvalue weighted by Crippen LogP contribution is 2.68. The lowest BCUT2D eigenvalue weighted by atomic mass is 10.0. The topological polar surface area (TPSA) is 0 Å². The summed E-state index contributed by atoms with van der Waals surface area (Å²) in [5.41, 5.74) is 4.52. The predicted octanol–water partition coefficient (Wildman–Crippen LogP) is 8.37. The summed E-state index contributed by atoms with van der Waals surface area (Å²) in [6.45, 7) is 22.3. The average molecular weight is 455 g/mol. The van der Waals surface area contributed by atoms with Gasteiger partial charge in [0.1, 0.15) is 0 Å². The fourth-order valence-corrected chi connectivity index (χ4v) is 14.9. The summed E-state index contributed by atoms with van der Waals surface area (Å²) in [5.74, 6) is 0.829. The lowest BCUT2D eigenvalue weighted by Gasteiger charge is -2.49. The first-order chi connectivity index (χ1) is 14.4. The first-order valence-corrected chi connectivity index (χ1v) is 14.9. The molecule has 0 radical (unpaired) electrons. The van der Waals surface area contributed by atoms with Gasteiger partial charge < -0.3 is 0 Å². The molecule has 1 saturated carbocycles. The summed E-state index contributed by atoms with van der Waals surface area (Å²) >= 11 is 0. The standard InChI is InChI=1S/C29H44P2/c1-21-15-10-12-18-25(21)30(26-19-13-11-16-22(26)2)23(3)24-17-14-20-27(24)31(28(4,5)6)29(7,8)9/h10-13,15-16,18-19,23-24,27H,14,17,20H2,1-9H3/t23-,24?,27?/m0/s1. The molecule has 1 aliphatic carbocycles. The van der Waals surface area contributed by atoms with E-state index in [-0.39, 0.29) is 15.8 Å². The largest absolute Gasteiger partial charge is 0.0921 e. The third kappa shape index (κ3) is 5.45. The third-order valence-electron chi connectivity index (χ3n) is 7.09. The second-order valence-electron chi connectivity index (χ2n) is 11.6. The molecule has 3 atom stereocenters. The fourth-order valence-electron chi connectivity index (χ4n) is 6.28. The molecular formula is C29H44P2. The first kappa shape index (κ1) is 24.9. The minimum Gasteiger partial charge on any atom is -0.0921 e. The third-order valence-corrected chi connectivity index (χ3v) is 14.5. The Balaban J connectivity index is 2.08. The van der Waals surface area contributed by atoms with Crippen LogP contribution < -0.4 is 10.6 Å². The first-order valence-electron chi connectivity index (χ1n) is 12.1. The Bertz CT molecular complexity index is 811. The molecule has 0 saturated heterocycles. The van der Waals surface area contributed by atoms with Crippen molar-refractivity contribution in [1.29, 1.82) is 0 Å². The Morgan fingerprint density at radius 3 is 1.61 bits per heavy atom. The van der Waals surface area contributed by atoms with Gasteiger partial charge in [0.05, 0.1) is 0 Å². The van der Waals surface area contributed by atoms with Crippen molar-refractivity contribution in [3.8, 4) is 0 Å². The summed E-state index contributed by atoms with van der Waals surface area (Å²) in [7, 11) is -0.461. The highest BCUT2D eigenvalue weighted by atomic mass is 31.1. The van der Waals surface area contributed by atoms with E-state index in [1.165, 1.54) is 30.4 Å². The molecule has 0 heterocycles. The van der Waals surface area contributed by atoms with E-state index >= 15 is 0 Å². The van der Waals surface area contributed by atoms with E-state index in [1.807, 2.05) is 0 Å². The lowest BCUT2D eigenvalue weighted by molar-refractivity contribution is 0.531. The van der Waals surface area contributed by atoms with Crippen molar-refractivity contribution in [1.82, 2.24) is 0 Å².